The zero-order valence-corrected chi connectivity index (χ0v) is 12.1. The third-order valence-electron chi connectivity index (χ3n) is 2.60. The van der Waals surface area contributed by atoms with Gasteiger partial charge in [-0.25, -0.2) is 10.9 Å². The molecule has 1 fully saturated rings. The number of hydrogen-bond acceptors (Lipinski definition) is 6. The van der Waals surface area contributed by atoms with Gasteiger partial charge in [0.25, 0.3) is 0 Å². The van der Waals surface area contributed by atoms with E-state index in [0.29, 0.717) is 5.02 Å². The molecule has 104 valence electrons. The zero-order chi connectivity index (χ0) is 13.7. The molecule has 2 rings (SSSR count). The molecule has 0 amide bonds. The fraction of sp³-hybridized carbons (Fsp3) is 0.417. The van der Waals surface area contributed by atoms with Crippen molar-refractivity contribution in [1.29, 1.82) is 0 Å². The van der Waals surface area contributed by atoms with Crippen molar-refractivity contribution < 1.29 is 9.53 Å². The minimum absolute atomic E-state index is 0.165. The number of carbonyl (C=O) groups is 1. The first-order valence-electron chi connectivity index (χ1n) is 5.95. The van der Waals surface area contributed by atoms with Gasteiger partial charge in [0.15, 0.2) is 0 Å². The molecule has 1 aliphatic rings. The summed E-state index contributed by atoms with van der Waals surface area (Å²) in [6, 6.07) is 7.25. The van der Waals surface area contributed by atoms with Crippen LogP contribution in [0.25, 0.3) is 0 Å². The summed E-state index contributed by atoms with van der Waals surface area (Å²) in [5, 5.41) is 0.621. The highest BCUT2D eigenvalue weighted by Crippen LogP contribution is 2.18. The Morgan fingerprint density at radius 3 is 2.89 bits per heavy atom. The molecule has 1 heterocycles. The van der Waals surface area contributed by atoms with Gasteiger partial charge in [-0.15, -0.1) is 11.8 Å². The molecule has 0 radical (unpaired) electrons. The lowest BCUT2D eigenvalue weighted by Gasteiger charge is -2.14. The highest BCUT2D eigenvalue weighted by atomic mass is 35.5. The molecular weight excluding hydrogens is 286 g/mol. The molecular formula is C12H16ClN3O2S. The van der Waals surface area contributed by atoms with Gasteiger partial charge in [-0.2, -0.15) is 5.53 Å². The summed E-state index contributed by atoms with van der Waals surface area (Å²) in [4.78, 5) is 11.8. The monoisotopic (exact) mass is 301 g/mol. The van der Waals surface area contributed by atoms with Crippen molar-refractivity contribution in [2.75, 3.05) is 6.54 Å². The van der Waals surface area contributed by atoms with Crippen molar-refractivity contribution in [3.8, 4) is 0 Å². The molecule has 3 N–H and O–H groups in total. The summed E-state index contributed by atoms with van der Waals surface area (Å²) < 4.78 is 5.27. The molecule has 1 aromatic carbocycles. The molecule has 1 aromatic rings. The number of benzene rings is 1. The highest BCUT2D eigenvalue weighted by molar-refractivity contribution is 8.01. The second-order valence-electron chi connectivity index (χ2n) is 4.15. The topological polar surface area (TPSA) is 62.4 Å². The zero-order valence-electron chi connectivity index (χ0n) is 10.5. The minimum atomic E-state index is -0.216. The fourth-order valence-corrected chi connectivity index (χ4v) is 2.67. The molecule has 0 saturated carbocycles. The average molecular weight is 302 g/mol. The van der Waals surface area contributed by atoms with Crippen LogP contribution in [0.3, 0.4) is 0 Å². The van der Waals surface area contributed by atoms with Crippen molar-refractivity contribution in [1.82, 2.24) is 16.4 Å². The number of carbonyl (C=O) groups excluding carboxylic acids is 1. The largest absolute Gasteiger partial charge is 0.460 e. The third-order valence-corrected chi connectivity index (χ3v) is 4.07. The van der Waals surface area contributed by atoms with E-state index in [0.717, 1.165) is 12.1 Å². The molecule has 1 aliphatic heterocycles. The molecule has 1 saturated heterocycles. The lowest BCUT2D eigenvalue weighted by Crippen LogP contribution is -2.33. The number of hydrogen-bond donors (Lipinski definition) is 3. The van der Waals surface area contributed by atoms with Crippen molar-refractivity contribution in [2.45, 2.75) is 24.2 Å². The number of halogens is 1. The van der Waals surface area contributed by atoms with Crippen LogP contribution in [0.2, 0.25) is 5.02 Å². The predicted molar refractivity (Wildman–Crippen MR) is 76.4 cm³/mol. The number of ether oxygens (including phenoxy) is 1. The van der Waals surface area contributed by atoms with Crippen LogP contribution in [0.1, 0.15) is 12.5 Å². The van der Waals surface area contributed by atoms with Crippen LogP contribution in [-0.2, 0) is 16.1 Å². The Kier molecular flexibility index (Phi) is 5.47. The Morgan fingerprint density at radius 1 is 1.53 bits per heavy atom. The van der Waals surface area contributed by atoms with Crippen LogP contribution < -0.4 is 16.4 Å². The molecule has 2 atom stereocenters. The first kappa shape index (κ1) is 14.6. The van der Waals surface area contributed by atoms with Gasteiger partial charge in [0.05, 0.1) is 5.37 Å². The van der Waals surface area contributed by atoms with Gasteiger partial charge in [0, 0.05) is 11.6 Å². The number of thioether (sulfide) groups is 1. The average Bonchev–Trinajstić information content (AvgIpc) is 2.90. The standard InChI is InChI=1S/C12H16ClN3O2S/c1-8(19-11-6-14-16-15-11)12(17)18-7-9-2-4-10(13)5-3-9/h2-5,8,11,14-16H,6-7H2,1H3. The molecule has 0 spiro atoms. The molecule has 2 unspecified atom stereocenters. The minimum Gasteiger partial charge on any atom is -0.460 e. The van der Waals surface area contributed by atoms with Crippen LogP contribution in [-0.4, -0.2) is 23.1 Å². The highest BCUT2D eigenvalue weighted by Gasteiger charge is 2.22. The van der Waals surface area contributed by atoms with E-state index in [4.69, 9.17) is 16.3 Å². The van der Waals surface area contributed by atoms with E-state index in [9.17, 15) is 4.79 Å². The summed E-state index contributed by atoms with van der Waals surface area (Å²) in [5.74, 6) is -0.214. The van der Waals surface area contributed by atoms with Crippen LogP contribution >= 0.6 is 23.4 Å². The summed E-state index contributed by atoms with van der Waals surface area (Å²) >= 11 is 7.31. The quantitative estimate of drug-likeness (QED) is 0.716. The van der Waals surface area contributed by atoms with Crippen molar-refractivity contribution in [2.24, 2.45) is 0 Å². The Balaban J connectivity index is 1.75. The van der Waals surface area contributed by atoms with Crippen LogP contribution in [0.5, 0.6) is 0 Å². The maximum absolute atomic E-state index is 11.8. The Labute approximate surface area is 121 Å². The molecule has 0 aliphatic carbocycles. The van der Waals surface area contributed by atoms with Crippen LogP contribution in [0, 0.1) is 0 Å². The Bertz CT molecular complexity index is 423. The van der Waals surface area contributed by atoms with Crippen molar-refractivity contribution in [3.63, 3.8) is 0 Å². The number of esters is 1. The number of rotatable bonds is 5. The summed E-state index contributed by atoms with van der Waals surface area (Å²) in [6.45, 7) is 2.88. The molecule has 5 nitrogen and oxygen atoms in total. The van der Waals surface area contributed by atoms with Crippen molar-refractivity contribution >= 4 is 29.3 Å². The Hall–Kier alpha value is -0.790. The SMILES string of the molecule is CC(SC1CNNN1)C(=O)OCc1ccc(Cl)cc1. The smallest absolute Gasteiger partial charge is 0.319 e. The lowest BCUT2D eigenvalue weighted by molar-refractivity contribution is -0.143. The molecule has 7 heteroatoms. The van der Waals surface area contributed by atoms with E-state index < -0.39 is 0 Å². The third kappa shape index (κ3) is 4.67. The number of hydrazine groups is 2. The molecule has 0 aromatic heterocycles. The molecule has 19 heavy (non-hydrogen) atoms. The second-order valence-corrected chi connectivity index (χ2v) is 6.14. The van der Waals surface area contributed by atoms with Gasteiger partial charge < -0.3 is 4.74 Å². The van der Waals surface area contributed by atoms with Gasteiger partial charge in [0.1, 0.15) is 11.9 Å². The van der Waals surface area contributed by atoms with Gasteiger partial charge in [-0.1, -0.05) is 23.7 Å². The van der Waals surface area contributed by atoms with E-state index in [1.807, 2.05) is 19.1 Å². The maximum Gasteiger partial charge on any atom is 0.319 e. The summed E-state index contributed by atoms with van der Waals surface area (Å²) in [6.07, 6.45) is 0. The predicted octanol–water partition coefficient (Wildman–Crippen LogP) is 1.44. The van der Waals surface area contributed by atoms with E-state index >= 15 is 0 Å². The van der Waals surface area contributed by atoms with Gasteiger partial charge in [-0.05, 0) is 24.6 Å². The van der Waals surface area contributed by atoms with Crippen molar-refractivity contribution in [3.05, 3.63) is 34.9 Å². The van der Waals surface area contributed by atoms with E-state index in [1.54, 1.807) is 12.1 Å². The summed E-state index contributed by atoms with van der Waals surface area (Å²) in [7, 11) is 0. The second kappa shape index (κ2) is 7.12. The van der Waals surface area contributed by atoms with E-state index in [-0.39, 0.29) is 23.2 Å². The summed E-state index contributed by atoms with van der Waals surface area (Å²) in [5.41, 5.74) is 9.66. The molecule has 0 bridgehead atoms. The van der Waals surface area contributed by atoms with E-state index in [2.05, 4.69) is 16.4 Å². The Morgan fingerprint density at radius 2 is 2.26 bits per heavy atom. The van der Waals surface area contributed by atoms with E-state index in [1.165, 1.54) is 11.8 Å². The van der Waals surface area contributed by atoms with Crippen LogP contribution in [0.15, 0.2) is 24.3 Å². The first-order chi connectivity index (χ1) is 9.15. The van der Waals surface area contributed by atoms with Gasteiger partial charge in [-0.3, -0.25) is 4.79 Å². The number of nitrogens with one attached hydrogen (secondary N) is 3. The fourth-order valence-electron chi connectivity index (χ4n) is 1.56. The maximum atomic E-state index is 11.8. The van der Waals surface area contributed by atoms with Crippen LogP contribution in [0.4, 0.5) is 0 Å². The normalized spacial score (nSPS) is 20.2. The van der Waals surface area contributed by atoms with Gasteiger partial charge >= 0.3 is 5.97 Å². The lowest BCUT2D eigenvalue weighted by atomic mass is 10.2. The van der Waals surface area contributed by atoms with Gasteiger partial charge in [0.2, 0.25) is 0 Å². The first-order valence-corrected chi connectivity index (χ1v) is 7.27.